The number of nitrogens with zero attached hydrogens (tertiary/aromatic N) is 6. The molecule has 1 aliphatic heterocycles. The number of anilines is 1. The van der Waals surface area contributed by atoms with E-state index >= 15 is 0 Å². The summed E-state index contributed by atoms with van der Waals surface area (Å²) in [7, 11) is 0. The van der Waals surface area contributed by atoms with Crippen molar-refractivity contribution >= 4 is 23.7 Å². The Bertz CT molecular complexity index is 1010. The molecule has 0 radical (unpaired) electrons. The Kier molecular flexibility index (Phi) is 6.45. The standard InChI is InChI=1S/C21H22N6O4/c1-14(2)13-27(18-8-9-23-17(12-22)24-18)26(21(30)31)11-5-10-25-19(28)15-6-3-4-7-16(15)20(25)29/h3-4,6-9,14H,5,10-11,13H2,1-2H3,(H,30,31). The number of amides is 3. The van der Waals surface area contributed by atoms with Crippen molar-refractivity contribution in [1.82, 2.24) is 19.9 Å². The van der Waals surface area contributed by atoms with Gasteiger partial charge in [-0.25, -0.2) is 14.8 Å². The Morgan fingerprint density at radius 3 is 2.39 bits per heavy atom. The molecule has 0 atom stereocenters. The molecule has 0 spiro atoms. The maximum atomic E-state index is 12.5. The molecular formula is C21H22N6O4. The predicted molar refractivity (Wildman–Crippen MR) is 110 cm³/mol. The number of carbonyl (C=O) groups is 3. The van der Waals surface area contributed by atoms with E-state index in [-0.39, 0.29) is 48.9 Å². The Morgan fingerprint density at radius 1 is 1.19 bits per heavy atom. The molecule has 0 aliphatic carbocycles. The van der Waals surface area contributed by atoms with Crippen LogP contribution in [0.4, 0.5) is 10.6 Å². The van der Waals surface area contributed by atoms with Gasteiger partial charge in [-0.05, 0) is 24.5 Å². The van der Waals surface area contributed by atoms with Crippen LogP contribution in [0.15, 0.2) is 36.5 Å². The van der Waals surface area contributed by atoms with Crippen LogP contribution >= 0.6 is 0 Å². The summed E-state index contributed by atoms with van der Waals surface area (Å²) in [6.45, 7) is 4.30. The van der Waals surface area contributed by atoms with Gasteiger partial charge >= 0.3 is 6.09 Å². The minimum Gasteiger partial charge on any atom is -0.464 e. The Morgan fingerprint density at radius 2 is 1.84 bits per heavy atom. The smallest absolute Gasteiger partial charge is 0.426 e. The monoisotopic (exact) mass is 422 g/mol. The maximum Gasteiger partial charge on any atom is 0.426 e. The number of imide groups is 1. The van der Waals surface area contributed by atoms with Crippen molar-refractivity contribution in [1.29, 1.82) is 5.26 Å². The van der Waals surface area contributed by atoms with Crippen molar-refractivity contribution in [3.63, 3.8) is 0 Å². The summed E-state index contributed by atoms with van der Waals surface area (Å²) < 4.78 is 0. The zero-order chi connectivity index (χ0) is 22.5. The van der Waals surface area contributed by atoms with Gasteiger partial charge < -0.3 is 5.11 Å². The fourth-order valence-corrected chi connectivity index (χ4v) is 3.35. The van der Waals surface area contributed by atoms with Crippen LogP contribution in [-0.2, 0) is 0 Å². The third-order valence-electron chi connectivity index (χ3n) is 4.69. The first-order valence-corrected chi connectivity index (χ1v) is 9.79. The van der Waals surface area contributed by atoms with Gasteiger partial charge in [0.25, 0.3) is 11.8 Å². The summed E-state index contributed by atoms with van der Waals surface area (Å²) >= 11 is 0. The zero-order valence-corrected chi connectivity index (χ0v) is 17.2. The first-order chi connectivity index (χ1) is 14.8. The van der Waals surface area contributed by atoms with E-state index in [0.717, 1.165) is 9.91 Å². The van der Waals surface area contributed by atoms with Crippen molar-refractivity contribution in [3.05, 3.63) is 53.5 Å². The fraction of sp³-hybridized carbons (Fsp3) is 0.333. The summed E-state index contributed by atoms with van der Waals surface area (Å²) in [4.78, 5) is 46.1. The van der Waals surface area contributed by atoms with Crippen molar-refractivity contribution in [2.24, 2.45) is 5.92 Å². The van der Waals surface area contributed by atoms with Crippen molar-refractivity contribution in [2.45, 2.75) is 20.3 Å². The third kappa shape index (κ3) is 4.61. The van der Waals surface area contributed by atoms with E-state index in [1.54, 1.807) is 24.3 Å². The van der Waals surface area contributed by atoms with Gasteiger partial charge in [0.2, 0.25) is 5.82 Å². The minimum atomic E-state index is -1.21. The highest BCUT2D eigenvalue weighted by Crippen LogP contribution is 2.23. The number of hydrogen-bond donors (Lipinski definition) is 1. The largest absolute Gasteiger partial charge is 0.464 e. The van der Waals surface area contributed by atoms with Gasteiger partial charge in [0, 0.05) is 31.9 Å². The summed E-state index contributed by atoms with van der Waals surface area (Å²) in [6.07, 6.45) is 0.426. The van der Waals surface area contributed by atoms with Crippen LogP contribution in [0, 0.1) is 17.2 Å². The molecule has 10 heteroatoms. The van der Waals surface area contributed by atoms with E-state index in [4.69, 9.17) is 5.26 Å². The van der Waals surface area contributed by atoms with Crippen LogP contribution in [0.1, 0.15) is 46.8 Å². The van der Waals surface area contributed by atoms with E-state index in [1.807, 2.05) is 19.9 Å². The zero-order valence-electron chi connectivity index (χ0n) is 17.2. The number of carbonyl (C=O) groups excluding carboxylic acids is 2. The molecule has 31 heavy (non-hydrogen) atoms. The second-order valence-electron chi connectivity index (χ2n) is 7.39. The SMILES string of the molecule is CC(C)CN(c1ccnc(C#N)n1)N(CCCN1C(=O)c2ccccc2C1=O)C(=O)O. The molecule has 1 aliphatic rings. The number of fused-ring (bicyclic) bond motifs is 1. The first-order valence-electron chi connectivity index (χ1n) is 9.79. The number of hydrazine groups is 1. The molecule has 0 saturated carbocycles. The first kappa shape index (κ1) is 21.7. The molecule has 0 bridgehead atoms. The van der Waals surface area contributed by atoms with Crippen LogP contribution < -0.4 is 5.01 Å². The number of rotatable bonds is 8. The van der Waals surface area contributed by atoms with Crippen LogP contribution in [0.2, 0.25) is 0 Å². The average Bonchev–Trinajstić information content (AvgIpc) is 3.00. The molecule has 3 rings (SSSR count). The summed E-state index contributed by atoms with van der Waals surface area (Å²) in [5.74, 6) is -0.448. The van der Waals surface area contributed by atoms with E-state index in [9.17, 15) is 19.5 Å². The molecule has 2 aromatic rings. The second-order valence-corrected chi connectivity index (χ2v) is 7.39. The molecule has 0 fully saturated rings. The Balaban J connectivity index is 1.75. The topological polar surface area (TPSA) is 131 Å². The van der Waals surface area contributed by atoms with E-state index in [2.05, 4.69) is 9.97 Å². The van der Waals surface area contributed by atoms with Gasteiger partial charge in [-0.2, -0.15) is 10.2 Å². The van der Waals surface area contributed by atoms with Crippen molar-refractivity contribution in [3.8, 4) is 6.07 Å². The van der Waals surface area contributed by atoms with Gasteiger partial charge in [0.15, 0.2) is 5.82 Å². The van der Waals surface area contributed by atoms with Gasteiger partial charge in [-0.3, -0.25) is 19.5 Å². The third-order valence-corrected chi connectivity index (χ3v) is 4.69. The van der Waals surface area contributed by atoms with Gasteiger partial charge in [0.1, 0.15) is 6.07 Å². The lowest BCUT2D eigenvalue weighted by atomic mass is 10.1. The highest BCUT2D eigenvalue weighted by Gasteiger charge is 2.35. The van der Waals surface area contributed by atoms with Crippen LogP contribution in [0.25, 0.3) is 0 Å². The molecule has 10 nitrogen and oxygen atoms in total. The number of hydrogen-bond acceptors (Lipinski definition) is 7. The minimum absolute atomic E-state index is 0.0291. The summed E-state index contributed by atoms with van der Waals surface area (Å²) in [6, 6.07) is 9.97. The summed E-state index contributed by atoms with van der Waals surface area (Å²) in [5, 5.41) is 21.4. The van der Waals surface area contributed by atoms with Gasteiger partial charge in [0.05, 0.1) is 11.1 Å². The predicted octanol–water partition coefficient (Wildman–Crippen LogP) is 2.39. The molecule has 160 valence electrons. The van der Waals surface area contributed by atoms with Crippen LogP contribution in [0.5, 0.6) is 0 Å². The molecule has 1 aromatic carbocycles. The average molecular weight is 422 g/mol. The lowest BCUT2D eigenvalue weighted by Crippen LogP contribution is -2.49. The van der Waals surface area contributed by atoms with Crippen LogP contribution in [0.3, 0.4) is 0 Å². The maximum absolute atomic E-state index is 12.5. The molecule has 3 amide bonds. The highest BCUT2D eigenvalue weighted by atomic mass is 16.4. The number of nitriles is 1. The van der Waals surface area contributed by atoms with E-state index < -0.39 is 6.09 Å². The Labute approximate surface area is 179 Å². The van der Waals surface area contributed by atoms with Gasteiger partial charge in [-0.15, -0.1) is 0 Å². The Hall–Kier alpha value is -4.00. The molecular weight excluding hydrogens is 400 g/mol. The molecule has 0 saturated heterocycles. The van der Waals surface area contributed by atoms with E-state index in [0.29, 0.717) is 17.7 Å². The lowest BCUT2D eigenvalue weighted by molar-refractivity contribution is 0.0647. The quantitative estimate of drug-likeness (QED) is 0.507. The normalized spacial score (nSPS) is 12.6. The molecule has 1 N–H and O–H groups in total. The fourth-order valence-electron chi connectivity index (χ4n) is 3.35. The van der Waals surface area contributed by atoms with Crippen LogP contribution in [-0.4, -0.2) is 62.5 Å². The lowest BCUT2D eigenvalue weighted by Gasteiger charge is -2.35. The molecule has 1 aromatic heterocycles. The van der Waals surface area contributed by atoms with E-state index in [1.165, 1.54) is 17.3 Å². The van der Waals surface area contributed by atoms with Crippen molar-refractivity contribution < 1.29 is 19.5 Å². The highest BCUT2D eigenvalue weighted by molar-refractivity contribution is 6.21. The van der Waals surface area contributed by atoms with Crippen molar-refractivity contribution in [2.75, 3.05) is 24.6 Å². The summed E-state index contributed by atoms with van der Waals surface area (Å²) in [5.41, 5.74) is 0.711. The molecule has 0 unspecified atom stereocenters. The second kappa shape index (κ2) is 9.21. The van der Waals surface area contributed by atoms with Gasteiger partial charge in [-0.1, -0.05) is 26.0 Å². The number of benzene rings is 1. The number of aromatic nitrogens is 2. The number of carboxylic acid groups (broad SMARTS) is 1. The molecule has 2 heterocycles.